The van der Waals surface area contributed by atoms with Crippen LogP contribution in [0.4, 0.5) is 0 Å². The van der Waals surface area contributed by atoms with Gasteiger partial charge < -0.3 is 4.42 Å². The summed E-state index contributed by atoms with van der Waals surface area (Å²) < 4.78 is 5.32. The molecule has 0 fully saturated rings. The maximum atomic E-state index is 12.0. The van der Waals surface area contributed by atoms with Crippen LogP contribution in [0.2, 0.25) is 0 Å². The van der Waals surface area contributed by atoms with Gasteiger partial charge in [-0.3, -0.25) is 0 Å². The second-order valence-electron chi connectivity index (χ2n) is 4.35. The number of para-hydroxylation sites is 1. The highest BCUT2D eigenvalue weighted by Crippen LogP contribution is 2.21. The van der Waals surface area contributed by atoms with E-state index in [1.54, 1.807) is 6.07 Å². The maximum absolute atomic E-state index is 12.0. The molecule has 3 rings (SSSR count). The summed E-state index contributed by atoms with van der Waals surface area (Å²) >= 11 is 0. The fraction of sp³-hybridized carbons (Fsp3) is 0.0625. The van der Waals surface area contributed by atoms with Crippen molar-refractivity contribution in [1.82, 2.24) is 0 Å². The zero-order valence-corrected chi connectivity index (χ0v) is 10.0. The highest BCUT2D eigenvalue weighted by Gasteiger charge is 2.06. The molecule has 1 heterocycles. The van der Waals surface area contributed by atoms with Crippen LogP contribution in [0.25, 0.3) is 22.1 Å². The molecule has 2 nitrogen and oxygen atoms in total. The number of rotatable bonds is 1. The third-order valence-corrected chi connectivity index (χ3v) is 3.00. The van der Waals surface area contributed by atoms with E-state index in [1.807, 2.05) is 55.5 Å². The van der Waals surface area contributed by atoms with Crippen LogP contribution >= 0.6 is 0 Å². The average Bonchev–Trinajstić information content (AvgIpc) is 2.39. The standard InChI is InChI=1S/C16H12O2/c1-11-6-8-12(9-7-11)14-10-13-4-2-3-5-15(13)18-16(14)17/h2-10H,1H3. The lowest BCUT2D eigenvalue weighted by Crippen LogP contribution is -2.02. The van der Waals surface area contributed by atoms with Crippen molar-refractivity contribution < 1.29 is 4.42 Å². The van der Waals surface area contributed by atoms with E-state index >= 15 is 0 Å². The Bertz CT molecular complexity index is 752. The first-order valence-corrected chi connectivity index (χ1v) is 5.84. The van der Waals surface area contributed by atoms with Gasteiger partial charge in [-0.25, -0.2) is 4.79 Å². The molecule has 0 N–H and O–H groups in total. The molecule has 1 aromatic heterocycles. The third kappa shape index (κ3) is 1.82. The quantitative estimate of drug-likeness (QED) is 0.602. The lowest BCUT2D eigenvalue weighted by Gasteiger charge is -2.02. The molecular formula is C16H12O2. The van der Waals surface area contributed by atoms with Crippen LogP contribution in [0.3, 0.4) is 0 Å². The number of hydrogen-bond donors (Lipinski definition) is 0. The van der Waals surface area contributed by atoms with Crippen molar-refractivity contribution in [2.45, 2.75) is 6.92 Å². The van der Waals surface area contributed by atoms with E-state index in [0.717, 1.165) is 10.9 Å². The van der Waals surface area contributed by atoms with Gasteiger partial charge in [-0.2, -0.15) is 0 Å². The van der Waals surface area contributed by atoms with Crippen molar-refractivity contribution in [2.75, 3.05) is 0 Å². The molecular weight excluding hydrogens is 224 g/mol. The second-order valence-corrected chi connectivity index (χ2v) is 4.35. The Kier molecular flexibility index (Phi) is 2.49. The van der Waals surface area contributed by atoms with E-state index in [-0.39, 0.29) is 5.63 Å². The van der Waals surface area contributed by atoms with Crippen LogP contribution in [0, 0.1) is 6.92 Å². The van der Waals surface area contributed by atoms with Gasteiger partial charge in [0, 0.05) is 5.39 Å². The molecule has 0 saturated heterocycles. The van der Waals surface area contributed by atoms with Gasteiger partial charge >= 0.3 is 5.63 Å². The Balaban J connectivity index is 2.26. The topological polar surface area (TPSA) is 30.2 Å². The fourth-order valence-corrected chi connectivity index (χ4v) is 2.00. The van der Waals surface area contributed by atoms with Crippen LogP contribution < -0.4 is 5.63 Å². The van der Waals surface area contributed by atoms with Gasteiger partial charge in [0.25, 0.3) is 0 Å². The number of aryl methyl sites for hydroxylation is 1. The molecule has 0 radical (unpaired) electrons. The summed E-state index contributed by atoms with van der Waals surface area (Å²) in [5.74, 6) is 0. The Hall–Kier alpha value is -2.35. The molecule has 0 spiro atoms. The second kappa shape index (κ2) is 4.15. The predicted octanol–water partition coefficient (Wildman–Crippen LogP) is 3.77. The Labute approximate surface area is 105 Å². The van der Waals surface area contributed by atoms with Crippen molar-refractivity contribution in [3.05, 3.63) is 70.6 Å². The first kappa shape index (κ1) is 10.8. The number of hydrogen-bond acceptors (Lipinski definition) is 2. The molecule has 0 aliphatic carbocycles. The van der Waals surface area contributed by atoms with E-state index in [0.29, 0.717) is 11.1 Å². The van der Waals surface area contributed by atoms with Gasteiger partial charge in [-0.05, 0) is 24.6 Å². The number of fused-ring (bicyclic) bond motifs is 1. The minimum atomic E-state index is -0.294. The Morgan fingerprint density at radius 3 is 2.44 bits per heavy atom. The molecule has 88 valence electrons. The molecule has 0 saturated carbocycles. The van der Waals surface area contributed by atoms with Gasteiger partial charge in [-0.1, -0.05) is 48.0 Å². The number of benzene rings is 2. The molecule has 0 amide bonds. The summed E-state index contributed by atoms with van der Waals surface area (Å²) in [5.41, 5.74) is 2.99. The largest absolute Gasteiger partial charge is 0.422 e. The van der Waals surface area contributed by atoms with Gasteiger partial charge in [-0.15, -0.1) is 0 Å². The first-order chi connectivity index (χ1) is 8.74. The van der Waals surface area contributed by atoms with E-state index in [9.17, 15) is 4.79 Å². The first-order valence-electron chi connectivity index (χ1n) is 5.84. The maximum Gasteiger partial charge on any atom is 0.344 e. The normalized spacial score (nSPS) is 10.7. The lowest BCUT2D eigenvalue weighted by molar-refractivity contribution is 0.563. The highest BCUT2D eigenvalue weighted by molar-refractivity contribution is 5.81. The van der Waals surface area contributed by atoms with Crippen LogP contribution in [0.15, 0.2) is 63.8 Å². The van der Waals surface area contributed by atoms with E-state index in [1.165, 1.54) is 5.56 Å². The van der Waals surface area contributed by atoms with Crippen LogP contribution in [0.5, 0.6) is 0 Å². The lowest BCUT2D eigenvalue weighted by atomic mass is 10.0. The molecule has 18 heavy (non-hydrogen) atoms. The van der Waals surface area contributed by atoms with Crippen LogP contribution in [-0.2, 0) is 0 Å². The molecule has 0 unspecified atom stereocenters. The summed E-state index contributed by atoms with van der Waals surface area (Å²) in [6, 6.07) is 17.3. The SMILES string of the molecule is Cc1ccc(-c2cc3ccccc3oc2=O)cc1. The summed E-state index contributed by atoms with van der Waals surface area (Å²) in [5, 5.41) is 0.938. The van der Waals surface area contributed by atoms with Crippen molar-refractivity contribution >= 4 is 11.0 Å². The molecule has 3 aromatic rings. The van der Waals surface area contributed by atoms with Gasteiger partial charge in [0.05, 0.1) is 5.56 Å². The van der Waals surface area contributed by atoms with Crippen molar-refractivity contribution in [2.24, 2.45) is 0 Å². The van der Waals surface area contributed by atoms with Gasteiger partial charge in [0.2, 0.25) is 0 Å². The van der Waals surface area contributed by atoms with Crippen molar-refractivity contribution in [3.63, 3.8) is 0 Å². The zero-order chi connectivity index (χ0) is 12.5. The Morgan fingerprint density at radius 2 is 1.67 bits per heavy atom. The van der Waals surface area contributed by atoms with Crippen LogP contribution in [-0.4, -0.2) is 0 Å². The van der Waals surface area contributed by atoms with Crippen molar-refractivity contribution in [3.8, 4) is 11.1 Å². The third-order valence-electron chi connectivity index (χ3n) is 3.00. The van der Waals surface area contributed by atoms with E-state index in [4.69, 9.17) is 4.42 Å². The summed E-state index contributed by atoms with van der Waals surface area (Å²) in [4.78, 5) is 12.0. The fourth-order valence-electron chi connectivity index (χ4n) is 2.00. The van der Waals surface area contributed by atoms with Crippen molar-refractivity contribution in [1.29, 1.82) is 0 Å². The Morgan fingerprint density at radius 1 is 0.944 bits per heavy atom. The minimum absolute atomic E-state index is 0.294. The zero-order valence-electron chi connectivity index (χ0n) is 10.0. The van der Waals surface area contributed by atoms with E-state index in [2.05, 4.69) is 0 Å². The molecule has 0 bridgehead atoms. The van der Waals surface area contributed by atoms with E-state index < -0.39 is 0 Å². The minimum Gasteiger partial charge on any atom is -0.422 e. The van der Waals surface area contributed by atoms with Crippen LogP contribution in [0.1, 0.15) is 5.56 Å². The molecule has 0 aliphatic rings. The molecule has 2 heteroatoms. The molecule has 0 aliphatic heterocycles. The smallest absolute Gasteiger partial charge is 0.344 e. The summed E-state index contributed by atoms with van der Waals surface area (Å²) in [7, 11) is 0. The summed E-state index contributed by atoms with van der Waals surface area (Å²) in [6.45, 7) is 2.02. The monoisotopic (exact) mass is 236 g/mol. The predicted molar refractivity (Wildman–Crippen MR) is 72.7 cm³/mol. The molecule has 2 aromatic carbocycles. The van der Waals surface area contributed by atoms with Gasteiger partial charge in [0.15, 0.2) is 0 Å². The molecule has 0 atom stereocenters. The summed E-state index contributed by atoms with van der Waals surface area (Å²) in [6.07, 6.45) is 0. The van der Waals surface area contributed by atoms with Gasteiger partial charge in [0.1, 0.15) is 5.58 Å². The average molecular weight is 236 g/mol. The highest BCUT2D eigenvalue weighted by atomic mass is 16.4.